The number of ether oxygens (including phenoxy) is 1. The largest absolute Gasteiger partial charge is 0.387 e. The fourth-order valence-corrected chi connectivity index (χ4v) is 2.69. The summed E-state index contributed by atoms with van der Waals surface area (Å²) in [5.41, 5.74) is 4.98. The van der Waals surface area contributed by atoms with Crippen molar-refractivity contribution in [1.29, 1.82) is 0 Å². The van der Waals surface area contributed by atoms with Crippen molar-refractivity contribution in [3.63, 3.8) is 0 Å². The summed E-state index contributed by atoms with van der Waals surface area (Å²) >= 11 is 0. The standard InChI is InChI=1S/C10H14N5O7P/c11-10-13-7-4(8(18)14-10)12-2-15(7)9-6(17)5(16)3(22-9)1-21-23(19)20/h2-3,5-6,9,16-17,23H,1H2,(H,19,20)(H3,11,13,14,18). The lowest BCUT2D eigenvalue weighted by molar-refractivity contribution is -0.0476. The fraction of sp³-hybridized carbons (Fsp3) is 0.500. The van der Waals surface area contributed by atoms with Gasteiger partial charge in [0.25, 0.3) is 5.56 Å². The Hall–Kier alpha value is -1.82. The molecule has 0 bridgehead atoms. The van der Waals surface area contributed by atoms with E-state index in [1.807, 2.05) is 0 Å². The van der Waals surface area contributed by atoms with Crippen LogP contribution in [0.2, 0.25) is 0 Å². The number of aliphatic hydroxyl groups is 2. The first-order valence-electron chi connectivity index (χ1n) is 6.48. The third kappa shape index (κ3) is 2.87. The Bertz CT molecular complexity index is 806. The van der Waals surface area contributed by atoms with E-state index in [0.717, 1.165) is 0 Å². The minimum atomic E-state index is -3.19. The number of nitrogens with one attached hydrogen (secondary N) is 1. The van der Waals surface area contributed by atoms with Gasteiger partial charge in [-0.15, -0.1) is 0 Å². The van der Waals surface area contributed by atoms with Crippen LogP contribution in [-0.2, 0) is 13.8 Å². The second kappa shape index (κ2) is 6.00. The molecule has 12 nitrogen and oxygen atoms in total. The van der Waals surface area contributed by atoms with E-state index in [9.17, 15) is 19.6 Å². The fourth-order valence-electron chi connectivity index (χ4n) is 2.38. The first kappa shape index (κ1) is 16.1. The Morgan fingerprint density at radius 2 is 2.22 bits per heavy atom. The minimum absolute atomic E-state index is 0.00963. The highest BCUT2D eigenvalue weighted by atomic mass is 31.1. The Balaban J connectivity index is 1.93. The van der Waals surface area contributed by atoms with Crippen LogP contribution in [0.25, 0.3) is 11.2 Å². The van der Waals surface area contributed by atoms with Crippen LogP contribution in [0.4, 0.5) is 5.95 Å². The smallest absolute Gasteiger partial charge is 0.316 e. The molecular weight excluding hydrogens is 333 g/mol. The molecule has 3 heterocycles. The Morgan fingerprint density at radius 1 is 1.48 bits per heavy atom. The van der Waals surface area contributed by atoms with Crippen LogP contribution in [0.3, 0.4) is 0 Å². The van der Waals surface area contributed by atoms with E-state index < -0.39 is 38.4 Å². The molecule has 13 heteroatoms. The minimum Gasteiger partial charge on any atom is -0.387 e. The summed E-state index contributed by atoms with van der Waals surface area (Å²) in [6.45, 7) is -0.383. The van der Waals surface area contributed by atoms with E-state index in [1.54, 1.807) is 0 Å². The third-order valence-corrected chi connectivity index (χ3v) is 3.85. The molecule has 126 valence electrons. The summed E-state index contributed by atoms with van der Waals surface area (Å²) in [6, 6.07) is 0. The zero-order valence-corrected chi connectivity index (χ0v) is 12.5. The topological polar surface area (TPSA) is 186 Å². The molecule has 0 amide bonds. The molecular formula is C10H14N5O7P. The summed E-state index contributed by atoms with van der Waals surface area (Å²) in [6.07, 6.45) is -3.68. The monoisotopic (exact) mass is 347 g/mol. The van der Waals surface area contributed by atoms with Gasteiger partial charge in [-0.05, 0) is 0 Å². The molecule has 5 atom stereocenters. The maximum Gasteiger partial charge on any atom is 0.316 e. The van der Waals surface area contributed by atoms with Crippen LogP contribution in [0.15, 0.2) is 11.1 Å². The van der Waals surface area contributed by atoms with Crippen LogP contribution in [-0.4, -0.2) is 59.5 Å². The lowest BCUT2D eigenvalue weighted by Crippen LogP contribution is -2.33. The van der Waals surface area contributed by atoms with E-state index in [1.165, 1.54) is 10.9 Å². The number of nitrogens with two attached hydrogens (primary N) is 1. The normalized spacial score (nSPS) is 29.2. The van der Waals surface area contributed by atoms with E-state index in [2.05, 4.69) is 19.5 Å². The van der Waals surface area contributed by atoms with Gasteiger partial charge in [0.2, 0.25) is 5.95 Å². The number of aliphatic hydroxyl groups excluding tert-OH is 2. The van der Waals surface area contributed by atoms with Gasteiger partial charge in [-0.2, -0.15) is 4.98 Å². The number of rotatable bonds is 4. The van der Waals surface area contributed by atoms with Gasteiger partial charge in [-0.3, -0.25) is 18.9 Å². The van der Waals surface area contributed by atoms with Gasteiger partial charge >= 0.3 is 8.25 Å². The van der Waals surface area contributed by atoms with Gasteiger partial charge in [0.1, 0.15) is 18.3 Å². The van der Waals surface area contributed by atoms with Crippen molar-refractivity contribution >= 4 is 25.4 Å². The summed E-state index contributed by atoms with van der Waals surface area (Å²) in [7, 11) is -3.19. The number of aromatic amines is 1. The highest BCUT2D eigenvalue weighted by molar-refractivity contribution is 7.32. The molecule has 3 rings (SSSR count). The van der Waals surface area contributed by atoms with Gasteiger partial charge in [0.05, 0.1) is 12.9 Å². The zero-order chi connectivity index (χ0) is 16.7. The molecule has 1 fully saturated rings. The molecule has 1 saturated heterocycles. The quantitative estimate of drug-likeness (QED) is 0.377. The molecule has 1 aliphatic rings. The third-order valence-electron chi connectivity index (χ3n) is 3.43. The first-order chi connectivity index (χ1) is 10.9. The summed E-state index contributed by atoms with van der Waals surface area (Å²) in [5.74, 6) is -0.143. The van der Waals surface area contributed by atoms with E-state index in [-0.39, 0.29) is 23.7 Å². The van der Waals surface area contributed by atoms with Gasteiger partial charge in [0, 0.05) is 0 Å². The molecule has 0 saturated carbocycles. The molecule has 5 unspecified atom stereocenters. The molecule has 0 spiro atoms. The maximum atomic E-state index is 11.7. The van der Waals surface area contributed by atoms with Gasteiger partial charge in [-0.1, -0.05) is 0 Å². The first-order valence-corrected chi connectivity index (χ1v) is 7.74. The number of fused-ring (bicyclic) bond motifs is 1. The Kier molecular flexibility index (Phi) is 4.19. The van der Waals surface area contributed by atoms with Crippen molar-refractivity contribution in [2.75, 3.05) is 12.3 Å². The van der Waals surface area contributed by atoms with Crippen LogP contribution >= 0.6 is 8.25 Å². The number of aromatic nitrogens is 4. The van der Waals surface area contributed by atoms with Crippen molar-refractivity contribution in [1.82, 2.24) is 19.5 Å². The molecule has 2 aromatic heterocycles. The highest BCUT2D eigenvalue weighted by Gasteiger charge is 2.44. The molecule has 6 N–H and O–H groups in total. The predicted octanol–water partition coefficient (Wildman–Crippen LogP) is -2.28. The lowest BCUT2D eigenvalue weighted by Gasteiger charge is -2.16. The second-order valence-corrected chi connectivity index (χ2v) is 5.72. The second-order valence-electron chi connectivity index (χ2n) is 4.90. The average molecular weight is 347 g/mol. The van der Waals surface area contributed by atoms with Crippen LogP contribution in [0, 0.1) is 0 Å². The highest BCUT2D eigenvalue weighted by Crippen LogP contribution is 2.32. The SMILES string of the molecule is Nc1nc2c(ncn2C2OC(CO[PH](=O)O)C(O)C2O)c(=O)[nH]1. The molecule has 0 aromatic carbocycles. The Labute approximate surface area is 128 Å². The lowest BCUT2D eigenvalue weighted by atomic mass is 10.1. The summed E-state index contributed by atoms with van der Waals surface area (Å²) in [5, 5.41) is 20.1. The number of hydrogen-bond acceptors (Lipinski definition) is 9. The van der Waals surface area contributed by atoms with Gasteiger partial charge in [0.15, 0.2) is 17.4 Å². The van der Waals surface area contributed by atoms with Crippen molar-refractivity contribution in [3.8, 4) is 0 Å². The average Bonchev–Trinajstić information content (AvgIpc) is 3.00. The zero-order valence-electron chi connectivity index (χ0n) is 11.5. The Morgan fingerprint density at radius 3 is 2.91 bits per heavy atom. The number of hydrogen-bond donors (Lipinski definition) is 5. The number of nitrogens with zero attached hydrogens (tertiary/aromatic N) is 3. The summed E-state index contributed by atoms with van der Waals surface area (Å²) < 4.78 is 21.8. The van der Waals surface area contributed by atoms with E-state index in [0.29, 0.717) is 0 Å². The molecule has 23 heavy (non-hydrogen) atoms. The summed E-state index contributed by atoms with van der Waals surface area (Å²) in [4.78, 5) is 30.5. The number of anilines is 1. The molecule has 0 radical (unpaired) electrons. The van der Waals surface area contributed by atoms with Gasteiger partial charge < -0.3 is 30.1 Å². The molecule has 2 aromatic rings. The number of nitrogen functional groups attached to an aromatic ring is 1. The van der Waals surface area contributed by atoms with Crippen molar-refractivity contribution in [3.05, 3.63) is 16.7 Å². The van der Waals surface area contributed by atoms with E-state index in [4.69, 9.17) is 15.4 Å². The molecule has 0 aliphatic carbocycles. The van der Waals surface area contributed by atoms with Crippen molar-refractivity contribution in [2.45, 2.75) is 24.5 Å². The van der Waals surface area contributed by atoms with Crippen LogP contribution < -0.4 is 11.3 Å². The molecule has 1 aliphatic heterocycles. The number of H-pyrrole nitrogens is 1. The van der Waals surface area contributed by atoms with Gasteiger partial charge in [-0.25, -0.2) is 4.98 Å². The number of imidazole rings is 1. The predicted molar refractivity (Wildman–Crippen MR) is 75.7 cm³/mol. The van der Waals surface area contributed by atoms with Crippen LogP contribution in [0.1, 0.15) is 6.23 Å². The maximum absolute atomic E-state index is 11.7. The van der Waals surface area contributed by atoms with Crippen LogP contribution in [0.5, 0.6) is 0 Å². The van der Waals surface area contributed by atoms with E-state index >= 15 is 0 Å². The van der Waals surface area contributed by atoms with Crippen molar-refractivity contribution in [2.24, 2.45) is 0 Å². The van der Waals surface area contributed by atoms with Crippen molar-refractivity contribution < 1.29 is 28.9 Å².